The van der Waals surface area contributed by atoms with Gasteiger partial charge in [0.15, 0.2) is 0 Å². The fraction of sp³-hybridized carbons (Fsp3) is 0.357. The molecule has 1 N–H and O–H groups in total. The predicted molar refractivity (Wildman–Crippen MR) is 74.4 cm³/mol. The molecule has 5 heteroatoms. The summed E-state index contributed by atoms with van der Waals surface area (Å²) in [6.45, 7) is 4.01. The summed E-state index contributed by atoms with van der Waals surface area (Å²) in [5, 5.41) is 10.3. The second kappa shape index (κ2) is 5.63. The standard InChI is InChI=1S/C14H17ClN2O2/c1-9-4-5-12(11(6-9)10(2)18)19-8-14-16-7-13(15)17(14)3/h4-7,10,18H,8H2,1-3H3/t10-/m1/s1. The summed E-state index contributed by atoms with van der Waals surface area (Å²) < 4.78 is 7.49. The number of rotatable bonds is 4. The van der Waals surface area contributed by atoms with Gasteiger partial charge in [-0.1, -0.05) is 23.2 Å². The van der Waals surface area contributed by atoms with Crippen LogP contribution >= 0.6 is 11.6 Å². The molecule has 102 valence electrons. The molecular weight excluding hydrogens is 264 g/mol. The maximum Gasteiger partial charge on any atom is 0.147 e. The number of hydrogen-bond acceptors (Lipinski definition) is 3. The van der Waals surface area contributed by atoms with E-state index in [-0.39, 0.29) is 0 Å². The zero-order valence-corrected chi connectivity index (χ0v) is 12.0. The zero-order valence-electron chi connectivity index (χ0n) is 11.2. The minimum Gasteiger partial charge on any atom is -0.485 e. The van der Waals surface area contributed by atoms with E-state index < -0.39 is 6.10 Å². The maximum absolute atomic E-state index is 9.76. The highest BCUT2D eigenvalue weighted by atomic mass is 35.5. The molecule has 0 aliphatic heterocycles. The molecule has 1 heterocycles. The van der Waals surface area contributed by atoms with Crippen molar-refractivity contribution in [1.82, 2.24) is 9.55 Å². The smallest absolute Gasteiger partial charge is 0.147 e. The molecule has 0 fully saturated rings. The molecule has 2 aromatic rings. The molecule has 0 saturated carbocycles. The molecule has 1 atom stereocenters. The van der Waals surface area contributed by atoms with Crippen LogP contribution in [-0.4, -0.2) is 14.7 Å². The Balaban J connectivity index is 2.17. The third-order valence-electron chi connectivity index (χ3n) is 3.00. The third-order valence-corrected chi connectivity index (χ3v) is 3.35. The second-order valence-corrected chi connectivity index (χ2v) is 4.95. The highest BCUT2D eigenvalue weighted by Crippen LogP contribution is 2.27. The fourth-order valence-electron chi connectivity index (χ4n) is 1.83. The lowest BCUT2D eigenvalue weighted by molar-refractivity contribution is 0.189. The Kier molecular flexibility index (Phi) is 4.12. The Hall–Kier alpha value is -1.52. The predicted octanol–water partition coefficient (Wildman–Crippen LogP) is 3.01. The van der Waals surface area contributed by atoms with E-state index in [2.05, 4.69) is 4.98 Å². The lowest BCUT2D eigenvalue weighted by Gasteiger charge is -2.14. The van der Waals surface area contributed by atoms with Crippen LogP contribution < -0.4 is 4.74 Å². The van der Waals surface area contributed by atoms with Crippen LogP contribution in [0.5, 0.6) is 5.75 Å². The monoisotopic (exact) mass is 280 g/mol. The first-order valence-electron chi connectivity index (χ1n) is 6.06. The topological polar surface area (TPSA) is 47.3 Å². The van der Waals surface area contributed by atoms with Crippen LogP contribution in [0.3, 0.4) is 0 Å². The van der Waals surface area contributed by atoms with Crippen molar-refractivity contribution in [3.8, 4) is 5.75 Å². The van der Waals surface area contributed by atoms with Gasteiger partial charge in [0.25, 0.3) is 0 Å². The average Bonchev–Trinajstić information content (AvgIpc) is 2.68. The molecule has 0 spiro atoms. The van der Waals surface area contributed by atoms with E-state index in [0.717, 1.165) is 17.0 Å². The minimum absolute atomic E-state index is 0.312. The van der Waals surface area contributed by atoms with Gasteiger partial charge >= 0.3 is 0 Å². The van der Waals surface area contributed by atoms with Crippen LogP contribution in [0.1, 0.15) is 30.0 Å². The lowest BCUT2D eigenvalue weighted by Crippen LogP contribution is -2.06. The SMILES string of the molecule is Cc1ccc(OCc2ncc(Cl)n2C)c([C@@H](C)O)c1. The summed E-state index contributed by atoms with van der Waals surface area (Å²) in [5.41, 5.74) is 1.86. The van der Waals surface area contributed by atoms with Crippen molar-refractivity contribution < 1.29 is 9.84 Å². The molecule has 0 amide bonds. The van der Waals surface area contributed by atoms with Gasteiger partial charge in [-0.25, -0.2) is 4.98 Å². The van der Waals surface area contributed by atoms with Crippen LogP contribution in [0.25, 0.3) is 0 Å². The van der Waals surface area contributed by atoms with E-state index >= 15 is 0 Å². The number of aromatic nitrogens is 2. The van der Waals surface area contributed by atoms with Gasteiger partial charge in [0, 0.05) is 12.6 Å². The fourth-order valence-corrected chi connectivity index (χ4v) is 1.97. The Morgan fingerprint density at radius 3 is 2.79 bits per heavy atom. The largest absolute Gasteiger partial charge is 0.485 e. The van der Waals surface area contributed by atoms with Crippen LogP contribution in [-0.2, 0) is 13.7 Å². The van der Waals surface area contributed by atoms with Crippen molar-refractivity contribution in [2.24, 2.45) is 7.05 Å². The summed E-state index contributed by atoms with van der Waals surface area (Å²) in [6, 6.07) is 5.74. The van der Waals surface area contributed by atoms with Crippen LogP contribution in [0, 0.1) is 6.92 Å². The van der Waals surface area contributed by atoms with Gasteiger partial charge in [-0.2, -0.15) is 0 Å². The zero-order chi connectivity index (χ0) is 14.0. The summed E-state index contributed by atoms with van der Waals surface area (Å²) in [5.74, 6) is 1.40. The Bertz CT molecular complexity index is 579. The molecule has 19 heavy (non-hydrogen) atoms. The lowest BCUT2D eigenvalue weighted by atomic mass is 10.1. The molecule has 0 bridgehead atoms. The number of halogens is 1. The highest BCUT2D eigenvalue weighted by Gasteiger charge is 2.11. The first-order valence-corrected chi connectivity index (χ1v) is 6.44. The summed E-state index contributed by atoms with van der Waals surface area (Å²) in [4.78, 5) is 4.17. The van der Waals surface area contributed by atoms with Crippen molar-refractivity contribution in [2.45, 2.75) is 26.6 Å². The Labute approximate surface area is 117 Å². The second-order valence-electron chi connectivity index (χ2n) is 4.56. The minimum atomic E-state index is -0.570. The number of aliphatic hydroxyl groups excluding tert-OH is 1. The maximum atomic E-state index is 9.76. The number of benzene rings is 1. The van der Waals surface area contributed by atoms with E-state index in [9.17, 15) is 5.11 Å². The van der Waals surface area contributed by atoms with E-state index in [1.807, 2.05) is 32.2 Å². The van der Waals surface area contributed by atoms with Gasteiger partial charge < -0.3 is 14.4 Å². The summed E-state index contributed by atoms with van der Waals surface area (Å²) in [7, 11) is 1.83. The van der Waals surface area contributed by atoms with Crippen LogP contribution in [0.15, 0.2) is 24.4 Å². The third kappa shape index (κ3) is 3.08. The molecular formula is C14H17ClN2O2. The Morgan fingerprint density at radius 2 is 2.21 bits per heavy atom. The number of hydrogen-bond donors (Lipinski definition) is 1. The van der Waals surface area contributed by atoms with E-state index in [4.69, 9.17) is 16.3 Å². The van der Waals surface area contributed by atoms with Gasteiger partial charge in [-0.05, 0) is 26.0 Å². The first-order chi connectivity index (χ1) is 8.99. The molecule has 2 rings (SSSR count). The van der Waals surface area contributed by atoms with Crippen molar-refractivity contribution in [2.75, 3.05) is 0 Å². The number of ether oxygens (including phenoxy) is 1. The number of aryl methyl sites for hydroxylation is 1. The summed E-state index contributed by atoms with van der Waals surface area (Å²) >= 11 is 5.92. The van der Waals surface area contributed by atoms with Crippen LogP contribution in [0.2, 0.25) is 5.15 Å². The first kappa shape index (κ1) is 13.9. The molecule has 0 aliphatic rings. The van der Waals surface area contributed by atoms with Crippen LogP contribution in [0.4, 0.5) is 0 Å². The summed E-state index contributed by atoms with van der Waals surface area (Å²) in [6.07, 6.45) is 1.02. The van der Waals surface area contributed by atoms with Crippen molar-refractivity contribution in [3.05, 3.63) is 46.5 Å². The molecule has 0 aliphatic carbocycles. The van der Waals surface area contributed by atoms with Gasteiger partial charge in [0.05, 0.1) is 12.3 Å². The number of aliphatic hydroxyl groups is 1. The average molecular weight is 281 g/mol. The molecule has 0 unspecified atom stereocenters. The van der Waals surface area contributed by atoms with Crippen molar-refractivity contribution in [3.63, 3.8) is 0 Å². The highest BCUT2D eigenvalue weighted by molar-refractivity contribution is 6.29. The van der Waals surface area contributed by atoms with Gasteiger partial charge in [-0.15, -0.1) is 0 Å². The molecule has 1 aromatic carbocycles. The van der Waals surface area contributed by atoms with E-state index in [0.29, 0.717) is 17.5 Å². The molecule has 4 nitrogen and oxygen atoms in total. The van der Waals surface area contributed by atoms with Crippen molar-refractivity contribution in [1.29, 1.82) is 0 Å². The Morgan fingerprint density at radius 1 is 1.47 bits per heavy atom. The quantitative estimate of drug-likeness (QED) is 0.936. The molecule has 0 radical (unpaired) electrons. The molecule has 1 aromatic heterocycles. The molecule has 0 saturated heterocycles. The van der Waals surface area contributed by atoms with Crippen molar-refractivity contribution >= 4 is 11.6 Å². The van der Waals surface area contributed by atoms with E-state index in [1.165, 1.54) is 0 Å². The number of imidazole rings is 1. The van der Waals surface area contributed by atoms with Gasteiger partial charge in [0.2, 0.25) is 0 Å². The van der Waals surface area contributed by atoms with Gasteiger partial charge in [-0.3, -0.25) is 0 Å². The van der Waals surface area contributed by atoms with Gasteiger partial charge in [0.1, 0.15) is 23.3 Å². The normalized spacial score (nSPS) is 12.5. The van der Waals surface area contributed by atoms with E-state index in [1.54, 1.807) is 17.7 Å². The number of nitrogens with zero attached hydrogens (tertiary/aromatic N) is 2.